The number of rotatable bonds is 9. The van der Waals surface area contributed by atoms with Gasteiger partial charge in [-0.15, -0.1) is 5.10 Å². The number of carbonyl (C=O) groups excluding carboxylic acids is 1. The minimum absolute atomic E-state index is 0.272. The number of methoxy groups -OCH3 is 1. The summed E-state index contributed by atoms with van der Waals surface area (Å²) in [5.74, 6) is 1.000. The molecule has 3 aromatic rings. The molecule has 0 N–H and O–H groups in total. The summed E-state index contributed by atoms with van der Waals surface area (Å²) in [4.78, 5) is 12.5. The van der Waals surface area contributed by atoms with Crippen molar-refractivity contribution in [1.82, 2.24) is 15.0 Å². The van der Waals surface area contributed by atoms with Gasteiger partial charge in [0.25, 0.3) is 5.91 Å². The number of hydrogen-bond acceptors (Lipinski definition) is 5. The van der Waals surface area contributed by atoms with Gasteiger partial charge in [-0.2, -0.15) is 4.68 Å². The minimum atomic E-state index is -0.272. The Morgan fingerprint density at radius 2 is 1.88 bits per heavy atom. The van der Waals surface area contributed by atoms with E-state index in [0.717, 1.165) is 18.4 Å². The monoisotopic (exact) mass is 431 g/mol. The zero-order valence-electron chi connectivity index (χ0n) is 19.0. The Labute approximate surface area is 188 Å². The third-order valence-corrected chi connectivity index (χ3v) is 4.93. The summed E-state index contributed by atoms with van der Waals surface area (Å²) in [7, 11) is 1.60. The molecule has 0 radical (unpaired) electrons. The van der Waals surface area contributed by atoms with Gasteiger partial charge in [-0.25, -0.2) is 0 Å². The number of nitrogens with zero attached hydrogens (tertiary/aromatic N) is 3. The maximum atomic E-state index is 12.5. The molecule has 1 heterocycles. The predicted octanol–water partition coefficient (Wildman–Crippen LogP) is 5.87. The number of aromatic nitrogens is 3. The van der Waals surface area contributed by atoms with Crippen LogP contribution in [0.2, 0.25) is 0 Å². The molecule has 0 unspecified atom stereocenters. The van der Waals surface area contributed by atoms with Gasteiger partial charge < -0.3 is 9.47 Å². The molecule has 0 saturated heterocycles. The van der Waals surface area contributed by atoms with Crippen LogP contribution >= 0.6 is 0 Å². The first-order valence-electron chi connectivity index (χ1n) is 10.6. The Morgan fingerprint density at radius 1 is 1.06 bits per heavy atom. The summed E-state index contributed by atoms with van der Waals surface area (Å²) in [6, 6.07) is 12.9. The van der Waals surface area contributed by atoms with Crippen molar-refractivity contribution >= 4 is 23.0 Å². The Hall–Kier alpha value is -3.67. The van der Waals surface area contributed by atoms with E-state index in [-0.39, 0.29) is 5.91 Å². The van der Waals surface area contributed by atoms with Gasteiger partial charge in [0.15, 0.2) is 11.5 Å². The van der Waals surface area contributed by atoms with Crippen LogP contribution in [-0.2, 0) is 0 Å². The van der Waals surface area contributed by atoms with E-state index < -0.39 is 0 Å². The molecule has 6 nitrogen and oxygen atoms in total. The van der Waals surface area contributed by atoms with Gasteiger partial charge in [0.05, 0.1) is 12.6 Å². The third-order valence-electron chi connectivity index (χ3n) is 4.93. The highest BCUT2D eigenvalue weighted by atomic mass is 16.5. The third kappa shape index (κ3) is 6.17. The van der Waals surface area contributed by atoms with Crippen molar-refractivity contribution in [2.45, 2.75) is 33.6 Å². The molecule has 3 rings (SSSR count). The Bertz CT molecular complexity index is 1170. The summed E-state index contributed by atoms with van der Waals surface area (Å²) < 4.78 is 12.6. The van der Waals surface area contributed by atoms with E-state index in [0.29, 0.717) is 29.1 Å². The smallest absolute Gasteiger partial charge is 0.272 e. The van der Waals surface area contributed by atoms with Crippen molar-refractivity contribution in [3.05, 3.63) is 77.4 Å². The maximum Gasteiger partial charge on any atom is 0.272 e. The van der Waals surface area contributed by atoms with Crippen molar-refractivity contribution < 1.29 is 14.3 Å². The van der Waals surface area contributed by atoms with Crippen LogP contribution in [0.25, 0.3) is 17.1 Å². The van der Waals surface area contributed by atoms with E-state index in [4.69, 9.17) is 9.47 Å². The average molecular weight is 432 g/mol. The summed E-state index contributed by atoms with van der Waals surface area (Å²) in [5, 5.41) is 7.96. The largest absolute Gasteiger partial charge is 0.493 e. The molecule has 0 aliphatic heterocycles. The average Bonchev–Trinajstić information content (AvgIpc) is 3.22. The van der Waals surface area contributed by atoms with Crippen molar-refractivity contribution in [1.29, 1.82) is 0 Å². The molecule has 0 spiro atoms. The molecule has 166 valence electrons. The highest BCUT2D eigenvalue weighted by Gasteiger charge is 2.09. The Balaban J connectivity index is 1.63. The first kappa shape index (κ1) is 23.0. The molecule has 0 aliphatic carbocycles. The molecule has 0 bridgehead atoms. The van der Waals surface area contributed by atoms with Crippen molar-refractivity contribution in [2.24, 2.45) is 0 Å². The van der Waals surface area contributed by atoms with E-state index in [1.165, 1.54) is 21.9 Å². The second-order valence-electron chi connectivity index (χ2n) is 7.75. The lowest BCUT2D eigenvalue weighted by molar-refractivity contribution is 0.0958. The van der Waals surface area contributed by atoms with Gasteiger partial charge >= 0.3 is 0 Å². The topological polar surface area (TPSA) is 66.2 Å². The van der Waals surface area contributed by atoms with Crippen molar-refractivity contribution in [3.63, 3.8) is 0 Å². The minimum Gasteiger partial charge on any atom is -0.493 e. The number of hydrogen-bond donors (Lipinski definition) is 0. The van der Waals surface area contributed by atoms with E-state index in [2.05, 4.69) is 43.2 Å². The molecular formula is C26H29N3O3. The van der Waals surface area contributed by atoms with Crippen LogP contribution < -0.4 is 9.47 Å². The summed E-state index contributed by atoms with van der Waals surface area (Å²) >= 11 is 0. The maximum absolute atomic E-state index is 12.5. The SMILES string of the molecule is COc1cc(/C=C/C(=O)n2nnc3ccccc32)ccc1OC/C=C(\C)CCC=C(C)C. The lowest BCUT2D eigenvalue weighted by atomic mass is 10.1. The summed E-state index contributed by atoms with van der Waals surface area (Å²) in [6.45, 7) is 6.81. The first-order valence-corrected chi connectivity index (χ1v) is 10.6. The van der Waals surface area contributed by atoms with Gasteiger partial charge in [0.1, 0.15) is 12.1 Å². The van der Waals surface area contributed by atoms with Gasteiger partial charge in [-0.1, -0.05) is 40.6 Å². The van der Waals surface area contributed by atoms with Crippen molar-refractivity contribution in [3.8, 4) is 11.5 Å². The highest BCUT2D eigenvalue weighted by molar-refractivity contribution is 5.98. The fraction of sp³-hybridized carbons (Fsp3) is 0.269. The predicted molar refractivity (Wildman–Crippen MR) is 128 cm³/mol. The van der Waals surface area contributed by atoms with Crippen LogP contribution in [0.3, 0.4) is 0 Å². The van der Waals surface area contributed by atoms with Gasteiger partial charge in [0, 0.05) is 6.08 Å². The molecule has 0 amide bonds. The van der Waals surface area contributed by atoms with Crippen LogP contribution in [0.4, 0.5) is 0 Å². The number of para-hydroxylation sites is 1. The van der Waals surface area contributed by atoms with Crippen LogP contribution in [0.15, 0.2) is 71.8 Å². The molecule has 32 heavy (non-hydrogen) atoms. The number of fused-ring (bicyclic) bond motifs is 1. The summed E-state index contributed by atoms with van der Waals surface area (Å²) in [5.41, 5.74) is 4.80. The normalized spacial score (nSPS) is 11.7. The fourth-order valence-corrected chi connectivity index (χ4v) is 3.14. The number of ether oxygens (including phenoxy) is 2. The van der Waals surface area contributed by atoms with E-state index in [1.807, 2.05) is 42.5 Å². The van der Waals surface area contributed by atoms with E-state index in [1.54, 1.807) is 13.2 Å². The fourth-order valence-electron chi connectivity index (χ4n) is 3.14. The number of benzene rings is 2. The Morgan fingerprint density at radius 3 is 2.66 bits per heavy atom. The van der Waals surface area contributed by atoms with Crippen LogP contribution in [0.1, 0.15) is 44.0 Å². The molecule has 0 aliphatic rings. The van der Waals surface area contributed by atoms with Gasteiger partial charge in [0.2, 0.25) is 0 Å². The van der Waals surface area contributed by atoms with Gasteiger partial charge in [-0.3, -0.25) is 4.79 Å². The molecule has 2 aromatic carbocycles. The number of allylic oxidation sites excluding steroid dienone is 4. The molecule has 6 heteroatoms. The highest BCUT2D eigenvalue weighted by Crippen LogP contribution is 2.28. The van der Waals surface area contributed by atoms with E-state index in [9.17, 15) is 4.79 Å². The zero-order chi connectivity index (χ0) is 22.9. The lowest BCUT2D eigenvalue weighted by Gasteiger charge is -2.10. The van der Waals surface area contributed by atoms with Crippen LogP contribution in [0.5, 0.6) is 11.5 Å². The molecule has 0 atom stereocenters. The first-order chi connectivity index (χ1) is 15.5. The lowest BCUT2D eigenvalue weighted by Crippen LogP contribution is -2.08. The number of carbonyl (C=O) groups is 1. The quantitative estimate of drug-likeness (QED) is 0.313. The Kier molecular flexibility index (Phi) is 7.97. The molecule has 0 saturated carbocycles. The molecule has 0 fully saturated rings. The van der Waals surface area contributed by atoms with E-state index >= 15 is 0 Å². The van der Waals surface area contributed by atoms with Gasteiger partial charge in [-0.05, 0) is 75.6 Å². The van der Waals surface area contributed by atoms with Crippen LogP contribution in [-0.4, -0.2) is 34.6 Å². The van der Waals surface area contributed by atoms with Crippen LogP contribution in [0, 0.1) is 0 Å². The summed E-state index contributed by atoms with van der Waals surface area (Å²) in [6.07, 6.45) is 9.58. The molecule has 1 aromatic heterocycles. The zero-order valence-corrected chi connectivity index (χ0v) is 19.0. The second-order valence-corrected chi connectivity index (χ2v) is 7.75. The molecular weight excluding hydrogens is 402 g/mol. The van der Waals surface area contributed by atoms with Crippen molar-refractivity contribution in [2.75, 3.05) is 13.7 Å². The second kappa shape index (κ2) is 11.1. The standard InChI is InChI=1S/C26H29N3O3/c1-19(2)8-7-9-20(3)16-17-32-24-14-12-21(18-25(24)31-4)13-15-26(30)29-23-11-6-5-10-22(23)27-28-29/h5-6,8,10-16,18H,7,9,17H2,1-4H3/b15-13+,20-16+.